The van der Waals surface area contributed by atoms with Crippen molar-refractivity contribution >= 4 is 29.3 Å². The van der Waals surface area contributed by atoms with Crippen molar-refractivity contribution in [2.75, 3.05) is 5.75 Å². The van der Waals surface area contributed by atoms with Gasteiger partial charge in [-0.1, -0.05) is 6.92 Å². The van der Waals surface area contributed by atoms with Gasteiger partial charge in [0.15, 0.2) is 0 Å². The van der Waals surface area contributed by atoms with Crippen molar-refractivity contribution in [2.24, 2.45) is 0 Å². The van der Waals surface area contributed by atoms with Gasteiger partial charge in [-0.2, -0.15) is 0 Å². The standard InChI is InChI=1S/C13H14N2O3S/c1-2-10(13(17)18)15-11(7-19-8-12(15)16)9-4-3-5-14-6-9/h3-7,10H,2,8H2,1H3,(H,17,18). The van der Waals surface area contributed by atoms with Crippen molar-refractivity contribution in [1.29, 1.82) is 0 Å². The van der Waals surface area contributed by atoms with Crippen LogP contribution in [-0.4, -0.2) is 38.7 Å². The van der Waals surface area contributed by atoms with E-state index in [9.17, 15) is 14.7 Å². The van der Waals surface area contributed by atoms with Gasteiger partial charge < -0.3 is 5.11 Å². The lowest BCUT2D eigenvalue weighted by Gasteiger charge is -2.32. The molecule has 1 N–H and O–H groups in total. The number of thioether (sulfide) groups is 1. The first-order valence-electron chi connectivity index (χ1n) is 5.92. The quantitative estimate of drug-likeness (QED) is 0.909. The molecule has 0 bridgehead atoms. The fourth-order valence-corrected chi connectivity index (χ4v) is 2.76. The van der Waals surface area contributed by atoms with Gasteiger partial charge in [-0.15, -0.1) is 11.8 Å². The molecule has 19 heavy (non-hydrogen) atoms. The molecule has 0 aliphatic carbocycles. The van der Waals surface area contributed by atoms with Crippen LogP contribution in [0.5, 0.6) is 0 Å². The predicted octanol–water partition coefficient (Wildman–Crippen LogP) is 1.82. The average molecular weight is 278 g/mol. The van der Waals surface area contributed by atoms with Crippen molar-refractivity contribution < 1.29 is 14.7 Å². The molecule has 0 aromatic carbocycles. The van der Waals surface area contributed by atoms with Gasteiger partial charge in [-0.05, 0) is 24.0 Å². The van der Waals surface area contributed by atoms with E-state index in [0.717, 1.165) is 5.56 Å². The molecule has 0 fully saturated rings. The Bertz CT molecular complexity index is 516. The fraction of sp³-hybridized carbons (Fsp3) is 0.308. The average Bonchev–Trinajstić information content (AvgIpc) is 2.42. The van der Waals surface area contributed by atoms with Crippen molar-refractivity contribution in [3.8, 4) is 0 Å². The number of hydrogen-bond acceptors (Lipinski definition) is 4. The third-order valence-electron chi connectivity index (χ3n) is 2.87. The van der Waals surface area contributed by atoms with Crippen molar-refractivity contribution in [3.63, 3.8) is 0 Å². The Kier molecular flexibility index (Phi) is 4.21. The van der Waals surface area contributed by atoms with Crippen LogP contribution in [-0.2, 0) is 9.59 Å². The highest BCUT2D eigenvalue weighted by Crippen LogP contribution is 2.30. The highest BCUT2D eigenvalue weighted by atomic mass is 32.2. The van der Waals surface area contributed by atoms with E-state index in [0.29, 0.717) is 12.1 Å². The van der Waals surface area contributed by atoms with Gasteiger partial charge in [-0.3, -0.25) is 14.7 Å². The second-order valence-corrected chi connectivity index (χ2v) is 4.94. The van der Waals surface area contributed by atoms with E-state index in [2.05, 4.69) is 4.98 Å². The number of carboxylic acid groups (broad SMARTS) is 1. The van der Waals surface area contributed by atoms with E-state index in [1.54, 1.807) is 25.4 Å². The maximum absolute atomic E-state index is 12.1. The third-order valence-corrected chi connectivity index (χ3v) is 3.67. The van der Waals surface area contributed by atoms with E-state index >= 15 is 0 Å². The molecule has 0 saturated heterocycles. The van der Waals surface area contributed by atoms with E-state index in [-0.39, 0.29) is 11.7 Å². The van der Waals surface area contributed by atoms with E-state index in [1.165, 1.54) is 16.7 Å². The Morgan fingerprint density at radius 2 is 2.42 bits per heavy atom. The molecule has 1 amide bonds. The van der Waals surface area contributed by atoms with Gasteiger partial charge in [0.05, 0.1) is 11.4 Å². The zero-order valence-corrected chi connectivity index (χ0v) is 11.3. The maximum Gasteiger partial charge on any atom is 0.326 e. The lowest BCUT2D eigenvalue weighted by atomic mass is 10.1. The molecule has 5 nitrogen and oxygen atoms in total. The molecule has 1 aromatic rings. The molecular formula is C13H14N2O3S. The van der Waals surface area contributed by atoms with Crippen LogP contribution in [0, 0.1) is 0 Å². The summed E-state index contributed by atoms with van der Waals surface area (Å²) in [5.41, 5.74) is 1.37. The SMILES string of the molecule is CCC(C(=O)O)N1C(=O)CSC=C1c1cccnc1. The summed E-state index contributed by atoms with van der Waals surface area (Å²) in [4.78, 5) is 28.8. The molecule has 100 valence electrons. The number of rotatable bonds is 4. The molecule has 1 atom stereocenters. The van der Waals surface area contributed by atoms with Crippen LogP contribution in [0.2, 0.25) is 0 Å². The second-order valence-electron chi connectivity index (χ2n) is 4.08. The molecule has 2 rings (SSSR count). The van der Waals surface area contributed by atoms with E-state index in [4.69, 9.17) is 0 Å². The monoisotopic (exact) mass is 278 g/mol. The number of carbonyl (C=O) groups excluding carboxylic acids is 1. The zero-order chi connectivity index (χ0) is 13.8. The summed E-state index contributed by atoms with van der Waals surface area (Å²) in [5, 5.41) is 11.1. The number of hydrogen-bond donors (Lipinski definition) is 1. The number of pyridine rings is 1. The number of aromatic nitrogens is 1. The van der Waals surface area contributed by atoms with Crippen LogP contribution in [0.3, 0.4) is 0 Å². The minimum atomic E-state index is -0.988. The van der Waals surface area contributed by atoms with Crippen LogP contribution in [0.25, 0.3) is 5.70 Å². The first-order chi connectivity index (χ1) is 9.15. The molecule has 0 radical (unpaired) electrons. The summed E-state index contributed by atoms with van der Waals surface area (Å²) < 4.78 is 0. The molecule has 1 unspecified atom stereocenters. The normalized spacial score (nSPS) is 17.0. The largest absolute Gasteiger partial charge is 0.480 e. The van der Waals surface area contributed by atoms with Crippen molar-refractivity contribution in [3.05, 3.63) is 35.5 Å². The molecule has 1 aliphatic heterocycles. The van der Waals surface area contributed by atoms with Crippen LogP contribution in [0.15, 0.2) is 29.9 Å². The Balaban J connectivity index is 2.42. The lowest BCUT2D eigenvalue weighted by molar-refractivity contribution is -0.146. The number of amides is 1. The van der Waals surface area contributed by atoms with Gasteiger partial charge in [-0.25, -0.2) is 4.79 Å². The Morgan fingerprint density at radius 3 is 3.00 bits per heavy atom. The topological polar surface area (TPSA) is 70.5 Å². The van der Waals surface area contributed by atoms with E-state index < -0.39 is 12.0 Å². The predicted molar refractivity (Wildman–Crippen MR) is 73.2 cm³/mol. The number of nitrogens with zero attached hydrogens (tertiary/aromatic N) is 2. The first kappa shape index (κ1) is 13.6. The molecule has 2 heterocycles. The van der Waals surface area contributed by atoms with Gasteiger partial charge in [0.25, 0.3) is 0 Å². The summed E-state index contributed by atoms with van der Waals surface area (Å²) in [7, 11) is 0. The molecule has 1 aromatic heterocycles. The number of aliphatic carboxylic acids is 1. The smallest absolute Gasteiger partial charge is 0.326 e. The molecular weight excluding hydrogens is 264 g/mol. The summed E-state index contributed by atoms with van der Waals surface area (Å²) in [6.45, 7) is 1.76. The number of carboxylic acids is 1. The lowest BCUT2D eigenvalue weighted by Crippen LogP contribution is -2.45. The van der Waals surface area contributed by atoms with Crippen LogP contribution >= 0.6 is 11.8 Å². The minimum Gasteiger partial charge on any atom is -0.480 e. The Morgan fingerprint density at radius 1 is 1.63 bits per heavy atom. The number of carbonyl (C=O) groups is 2. The highest BCUT2D eigenvalue weighted by molar-refractivity contribution is 8.03. The minimum absolute atomic E-state index is 0.180. The molecule has 0 spiro atoms. The summed E-state index contributed by atoms with van der Waals surface area (Å²) in [5.74, 6) is -0.897. The van der Waals surface area contributed by atoms with Crippen LogP contribution < -0.4 is 0 Å². The molecule has 1 aliphatic rings. The fourth-order valence-electron chi connectivity index (χ4n) is 1.98. The van der Waals surface area contributed by atoms with Crippen LogP contribution in [0.4, 0.5) is 0 Å². The third kappa shape index (κ3) is 2.78. The van der Waals surface area contributed by atoms with Gasteiger partial charge >= 0.3 is 5.97 Å². The van der Waals surface area contributed by atoms with Crippen LogP contribution in [0.1, 0.15) is 18.9 Å². The Hall–Kier alpha value is -1.82. The first-order valence-corrected chi connectivity index (χ1v) is 6.97. The maximum atomic E-state index is 12.1. The molecule has 6 heteroatoms. The second kappa shape index (κ2) is 5.88. The summed E-state index contributed by atoms with van der Waals surface area (Å²) in [6, 6.07) is 2.75. The highest BCUT2D eigenvalue weighted by Gasteiger charge is 2.33. The summed E-state index contributed by atoms with van der Waals surface area (Å²) >= 11 is 1.38. The van der Waals surface area contributed by atoms with Crippen molar-refractivity contribution in [1.82, 2.24) is 9.88 Å². The van der Waals surface area contributed by atoms with Crippen molar-refractivity contribution in [2.45, 2.75) is 19.4 Å². The summed E-state index contributed by atoms with van der Waals surface area (Å²) in [6.07, 6.45) is 3.64. The van der Waals surface area contributed by atoms with Gasteiger partial charge in [0, 0.05) is 18.0 Å². The van der Waals surface area contributed by atoms with Gasteiger partial charge in [0.2, 0.25) is 5.91 Å². The van der Waals surface area contributed by atoms with Gasteiger partial charge in [0.1, 0.15) is 6.04 Å². The molecule has 0 saturated carbocycles. The van der Waals surface area contributed by atoms with E-state index in [1.807, 2.05) is 11.5 Å². The Labute approximate surface area is 115 Å². The zero-order valence-electron chi connectivity index (χ0n) is 10.4.